The first-order chi connectivity index (χ1) is 9.19. The highest BCUT2D eigenvalue weighted by Gasteiger charge is 2.36. The quantitative estimate of drug-likeness (QED) is 0.695. The van der Waals surface area contributed by atoms with E-state index in [0.29, 0.717) is 12.8 Å². The first kappa shape index (κ1) is 17.2. The Morgan fingerprint density at radius 3 is 2.10 bits per heavy atom. The molecule has 0 aliphatic heterocycles. The number of nitrogens with zero attached hydrogens (tertiary/aromatic N) is 2. The van der Waals surface area contributed by atoms with Crippen molar-refractivity contribution in [3.63, 3.8) is 0 Å². The molecule has 0 heterocycles. The second-order valence-corrected chi connectivity index (χ2v) is 10.2. The highest BCUT2D eigenvalue weighted by molar-refractivity contribution is 8.13. The van der Waals surface area contributed by atoms with Crippen LogP contribution in [0.1, 0.15) is 25.7 Å². The summed E-state index contributed by atoms with van der Waals surface area (Å²) in [6, 6.07) is 4.01. The van der Waals surface area contributed by atoms with E-state index in [1.807, 2.05) is 12.1 Å². The maximum atomic E-state index is 12.1. The average molecular weight is 339 g/mol. The van der Waals surface area contributed by atoms with Crippen molar-refractivity contribution in [2.75, 3.05) is 11.5 Å². The zero-order chi connectivity index (χ0) is 15.4. The summed E-state index contributed by atoms with van der Waals surface area (Å²) < 4.78 is 45.7. The fraction of sp³-hybridized carbons (Fsp3) is 0.818. The van der Waals surface area contributed by atoms with Gasteiger partial charge in [-0.1, -0.05) is 0 Å². The van der Waals surface area contributed by atoms with Gasteiger partial charge in [-0.25, -0.2) is 16.8 Å². The van der Waals surface area contributed by atoms with Crippen LogP contribution in [0.3, 0.4) is 0 Å². The Balaban J connectivity index is 2.66. The lowest BCUT2D eigenvalue weighted by Crippen LogP contribution is -2.33. The fourth-order valence-corrected chi connectivity index (χ4v) is 5.23. The molecule has 3 unspecified atom stereocenters. The minimum atomic E-state index is -3.69. The van der Waals surface area contributed by atoms with E-state index in [1.165, 1.54) is 0 Å². The molecule has 3 atom stereocenters. The van der Waals surface area contributed by atoms with Crippen LogP contribution in [0.5, 0.6) is 0 Å². The summed E-state index contributed by atoms with van der Waals surface area (Å²) in [5, 5.41) is 17.2. The molecule has 1 aliphatic rings. The van der Waals surface area contributed by atoms with Crippen molar-refractivity contribution in [1.29, 1.82) is 10.5 Å². The predicted octanol–water partition coefficient (Wildman–Crippen LogP) is 1.19. The molecule has 0 aromatic carbocycles. The Hall–Kier alpha value is -0.830. The SMILES string of the molecule is N#CC1CCC(S(=O)(=O)CCCS(=O)(=O)Cl)CC1C#N. The molecule has 0 spiro atoms. The van der Waals surface area contributed by atoms with Gasteiger partial charge in [-0.2, -0.15) is 10.5 Å². The maximum absolute atomic E-state index is 12.1. The highest BCUT2D eigenvalue weighted by atomic mass is 35.7. The summed E-state index contributed by atoms with van der Waals surface area (Å²) in [5.41, 5.74) is 0. The minimum absolute atomic E-state index is 0.0520. The zero-order valence-corrected chi connectivity index (χ0v) is 13.1. The zero-order valence-electron chi connectivity index (χ0n) is 10.7. The molecular weight excluding hydrogens is 324 g/mol. The smallest absolute Gasteiger partial charge is 0.229 e. The summed E-state index contributed by atoms with van der Waals surface area (Å²) in [6.07, 6.45) is 0.813. The van der Waals surface area contributed by atoms with Gasteiger partial charge in [0.25, 0.3) is 0 Å². The molecule has 0 saturated heterocycles. The molecule has 1 fully saturated rings. The Morgan fingerprint density at radius 1 is 1.00 bits per heavy atom. The summed E-state index contributed by atoms with van der Waals surface area (Å²) in [7, 11) is -2.13. The van der Waals surface area contributed by atoms with E-state index in [-0.39, 0.29) is 24.3 Å². The lowest BCUT2D eigenvalue weighted by atomic mass is 9.81. The molecule has 1 rings (SSSR count). The first-order valence-corrected chi connectivity index (χ1v) is 10.3. The van der Waals surface area contributed by atoms with Gasteiger partial charge in [0, 0.05) is 10.7 Å². The lowest BCUT2D eigenvalue weighted by molar-refractivity contribution is 0.351. The van der Waals surface area contributed by atoms with Crippen molar-refractivity contribution in [2.24, 2.45) is 11.8 Å². The molecule has 1 aliphatic carbocycles. The Kier molecular flexibility index (Phi) is 5.81. The van der Waals surface area contributed by atoms with Crippen molar-refractivity contribution in [2.45, 2.75) is 30.9 Å². The molecule has 9 heteroatoms. The molecule has 20 heavy (non-hydrogen) atoms. The molecule has 0 bridgehead atoms. The minimum Gasteiger partial charge on any atom is -0.229 e. The second kappa shape index (κ2) is 6.75. The van der Waals surface area contributed by atoms with Gasteiger partial charge in [0.1, 0.15) is 0 Å². The fourth-order valence-electron chi connectivity index (χ4n) is 2.35. The van der Waals surface area contributed by atoms with Gasteiger partial charge in [0.15, 0.2) is 9.84 Å². The summed E-state index contributed by atoms with van der Waals surface area (Å²) >= 11 is 0. The molecule has 0 radical (unpaired) electrons. The van der Waals surface area contributed by atoms with Crippen molar-refractivity contribution in [3.8, 4) is 12.1 Å². The molecule has 112 valence electrons. The van der Waals surface area contributed by atoms with Crippen LogP contribution in [0.4, 0.5) is 0 Å². The molecule has 0 N–H and O–H groups in total. The maximum Gasteiger partial charge on any atom is 0.232 e. The van der Waals surface area contributed by atoms with Crippen LogP contribution in [-0.4, -0.2) is 33.6 Å². The first-order valence-electron chi connectivity index (χ1n) is 6.12. The number of sulfone groups is 1. The molecule has 0 amide bonds. The van der Waals surface area contributed by atoms with E-state index in [2.05, 4.69) is 0 Å². The van der Waals surface area contributed by atoms with E-state index in [0.717, 1.165) is 0 Å². The number of hydrogen-bond donors (Lipinski definition) is 0. The highest BCUT2D eigenvalue weighted by Crippen LogP contribution is 2.33. The van der Waals surface area contributed by atoms with Crippen molar-refractivity contribution < 1.29 is 16.8 Å². The van der Waals surface area contributed by atoms with Crippen LogP contribution in [-0.2, 0) is 18.9 Å². The largest absolute Gasteiger partial charge is 0.232 e. The Morgan fingerprint density at radius 2 is 1.60 bits per heavy atom. The number of rotatable bonds is 5. The van der Waals surface area contributed by atoms with Crippen LogP contribution in [0.25, 0.3) is 0 Å². The second-order valence-electron chi connectivity index (χ2n) is 4.87. The number of nitriles is 2. The third-order valence-electron chi connectivity index (χ3n) is 3.46. The molecule has 0 aromatic heterocycles. The number of hydrogen-bond acceptors (Lipinski definition) is 6. The van der Waals surface area contributed by atoms with Gasteiger partial charge in [-0.3, -0.25) is 0 Å². The van der Waals surface area contributed by atoms with E-state index in [4.69, 9.17) is 21.2 Å². The Bertz CT molecular complexity index is 630. The van der Waals surface area contributed by atoms with Gasteiger partial charge in [0.05, 0.1) is 40.7 Å². The van der Waals surface area contributed by atoms with E-state index < -0.39 is 36.0 Å². The average Bonchev–Trinajstić information content (AvgIpc) is 2.36. The van der Waals surface area contributed by atoms with Gasteiger partial charge in [-0.05, 0) is 25.7 Å². The van der Waals surface area contributed by atoms with Gasteiger partial charge >= 0.3 is 0 Å². The summed E-state index contributed by atoms with van der Waals surface area (Å²) in [4.78, 5) is 0. The molecule has 6 nitrogen and oxygen atoms in total. The molecule has 1 saturated carbocycles. The van der Waals surface area contributed by atoms with Crippen LogP contribution in [0.2, 0.25) is 0 Å². The van der Waals surface area contributed by atoms with Crippen LogP contribution in [0.15, 0.2) is 0 Å². The van der Waals surface area contributed by atoms with Gasteiger partial charge in [-0.15, -0.1) is 0 Å². The van der Waals surface area contributed by atoms with E-state index in [1.54, 1.807) is 0 Å². The number of halogens is 1. The van der Waals surface area contributed by atoms with Crippen LogP contribution in [0, 0.1) is 34.5 Å². The predicted molar refractivity (Wildman–Crippen MR) is 73.9 cm³/mol. The van der Waals surface area contributed by atoms with Gasteiger partial charge in [0.2, 0.25) is 9.05 Å². The molecular formula is C11H15ClN2O4S2. The van der Waals surface area contributed by atoms with E-state index >= 15 is 0 Å². The van der Waals surface area contributed by atoms with Crippen LogP contribution < -0.4 is 0 Å². The van der Waals surface area contributed by atoms with Crippen molar-refractivity contribution >= 4 is 29.6 Å². The monoisotopic (exact) mass is 338 g/mol. The van der Waals surface area contributed by atoms with Crippen LogP contribution >= 0.6 is 10.7 Å². The van der Waals surface area contributed by atoms with Crippen molar-refractivity contribution in [1.82, 2.24) is 0 Å². The Labute approximate surface area is 123 Å². The normalized spacial score (nSPS) is 27.4. The summed E-state index contributed by atoms with van der Waals surface area (Å²) in [5.74, 6) is -1.65. The standard InChI is InChI=1S/C11H15ClN2O4S2/c12-20(17,18)5-1-4-19(15,16)11-3-2-9(7-13)10(6-11)8-14/h9-11H,1-6H2. The lowest BCUT2D eigenvalue weighted by Gasteiger charge is -2.28. The topological polar surface area (TPSA) is 116 Å². The summed E-state index contributed by atoms with van der Waals surface area (Å²) in [6.45, 7) is 0. The third-order valence-corrected chi connectivity index (χ3v) is 7.00. The van der Waals surface area contributed by atoms with Gasteiger partial charge < -0.3 is 0 Å². The third kappa shape index (κ3) is 4.93. The van der Waals surface area contributed by atoms with E-state index in [9.17, 15) is 16.8 Å². The van der Waals surface area contributed by atoms with Crippen molar-refractivity contribution in [3.05, 3.63) is 0 Å². The molecule has 0 aromatic rings.